The maximum absolute atomic E-state index is 12.9. The van der Waals surface area contributed by atoms with Gasteiger partial charge in [-0.25, -0.2) is 4.98 Å². The molecule has 0 bridgehead atoms. The van der Waals surface area contributed by atoms with Crippen LogP contribution >= 0.6 is 0 Å². The summed E-state index contributed by atoms with van der Waals surface area (Å²) in [5, 5.41) is 16.2. The van der Waals surface area contributed by atoms with E-state index < -0.39 is 11.7 Å². The number of alkyl halides is 3. The fraction of sp³-hybridized carbons (Fsp3) is 0.0500. The Hall–Kier alpha value is -4.06. The summed E-state index contributed by atoms with van der Waals surface area (Å²) in [5.41, 5.74) is 1.47. The zero-order valence-corrected chi connectivity index (χ0v) is 14.7. The summed E-state index contributed by atoms with van der Waals surface area (Å²) in [5.74, 6) is 0.373. The highest BCUT2D eigenvalue weighted by Crippen LogP contribution is 2.31. The quantitative estimate of drug-likeness (QED) is 0.435. The van der Waals surface area contributed by atoms with E-state index in [-0.39, 0.29) is 11.4 Å². The van der Waals surface area contributed by atoms with Crippen LogP contribution in [0.5, 0.6) is 0 Å². The molecule has 3 aromatic heterocycles. The number of rotatable bonds is 4. The van der Waals surface area contributed by atoms with E-state index in [1.54, 1.807) is 6.07 Å². The average molecular weight is 394 g/mol. The largest absolute Gasteiger partial charge is 0.417 e. The average Bonchev–Trinajstić information content (AvgIpc) is 3.15. The lowest BCUT2D eigenvalue weighted by Gasteiger charge is -2.12. The Balaban J connectivity index is 1.62. The molecular weight excluding hydrogens is 381 g/mol. The van der Waals surface area contributed by atoms with Crippen LogP contribution in [0.3, 0.4) is 0 Å². The number of aromatic nitrogens is 3. The summed E-state index contributed by atoms with van der Waals surface area (Å²) in [6, 6.07) is 13.6. The zero-order chi connectivity index (χ0) is 20.4. The van der Waals surface area contributed by atoms with Crippen LogP contribution in [-0.2, 0) is 6.18 Å². The number of fused-ring (bicyclic) bond motifs is 1. The number of H-pyrrole nitrogens is 1. The highest BCUT2D eigenvalue weighted by Gasteiger charge is 2.31. The Kier molecular flexibility index (Phi) is 4.52. The fourth-order valence-corrected chi connectivity index (χ4v) is 2.83. The maximum atomic E-state index is 12.9. The van der Waals surface area contributed by atoms with E-state index in [2.05, 4.69) is 25.6 Å². The van der Waals surface area contributed by atoms with E-state index in [1.165, 1.54) is 12.3 Å². The summed E-state index contributed by atoms with van der Waals surface area (Å²) < 4.78 is 38.7. The number of benzene rings is 1. The monoisotopic (exact) mass is 394 g/mol. The molecule has 9 heteroatoms. The smallest absolute Gasteiger partial charge is 0.361 e. The number of pyridine rings is 2. The van der Waals surface area contributed by atoms with Crippen molar-refractivity contribution >= 4 is 33.8 Å². The minimum atomic E-state index is -4.50. The van der Waals surface area contributed by atoms with Crippen molar-refractivity contribution in [3.05, 3.63) is 72.3 Å². The van der Waals surface area contributed by atoms with Crippen molar-refractivity contribution in [1.29, 1.82) is 5.26 Å². The first-order valence-electron chi connectivity index (χ1n) is 8.46. The number of nitrogens with zero attached hydrogens (tertiary/aromatic N) is 3. The molecule has 0 saturated heterocycles. The molecule has 144 valence electrons. The predicted octanol–water partition coefficient (Wildman–Crippen LogP) is 5.34. The lowest BCUT2D eigenvalue weighted by molar-refractivity contribution is -0.137. The molecule has 0 spiro atoms. The van der Waals surface area contributed by atoms with Crippen molar-refractivity contribution in [3.63, 3.8) is 0 Å². The van der Waals surface area contributed by atoms with Gasteiger partial charge in [0.1, 0.15) is 17.6 Å². The molecule has 0 unspecified atom stereocenters. The van der Waals surface area contributed by atoms with Crippen LogP contribution in [-0.4, -0.2) is 15.0 Å². The summed E-state index contributed by atoms with van der Waals surface area (Å²) in [6.45, 7) is 0. The Morgan fingerprint density at radius 3 is 2.59 bits per heavy atom. The summed E-state index contributed by atoms with van der Waals surface area (Å²) >= 11 is 0. The topological polar surface area (TPSA) is 89.4 Å². The van der Waals surface area contributed by atoms with Gasteiger partial charge >= 0.3 is 6.18 Å². The van der Waals surface area contributed by atoms with Gasteiger partial charge in [-0.15, -0.1) is 0 Å². The molecule has 4 aromatic rings. The predicted molar refractivity (Wildman–Crippen MR) is 103 cm³/mol. The summed E-state index contributed by atoms with van der Waals surface area (Å²) in [7, 11) is 0. The number of hydrogen-bond donors (Lipinski definition) is 3. The van der Waals surface area contributed by atoms with Gasteiger partial charge in [-0.05, 0) is 35.7 Å². The molecule has 3 N–H and O–H groups in total. The van der Waals surface area contributed by atoms with Gasteiger partial charge < -0.3 is 15.6 Å². The number of hydrogen-bond acceptors (Lipinski definition) is 5. The van der Waals surface area contributed by atoms with Crippen LogP contribution in [0.4, 0.5) is 36.1 Å². The minimum absolute atomic E-state index is 0.110. The Bertz CT molecular complexity index is 1220. The SMILES string of the molecule is N#Cc1cc(Nc2cncc(C(F)(F)F)c2)cc(Nc2ccc3cc[nH]c3c2)n1. The normalized spacial score (nSPS) is 11.2. The number of nitriles is 1. The summed E-state index contributed by atoms with van der Waals surface area (Å²) in [6.07, 6.45) is -0.645. The van der Waals surface area contributed by atoms with Crippen LogP contribution in [0.25, 0.3) is 10.9 Å². The van der Waals surface area contributed by atoms with E-state index in [4.69, 9.17) is 0 Å². The molecule has 0 atom stereocenters. The van der Waals surface area contributed by atoms with Crippen LogP contribution < -0.4 is 10.6 Å². The third kappa shape index (κ3) is 4.11. The van der Waals surface area contributed by atoms with Gasteiger partial charge in [0.2, 0.25) is 0 Å². The van der Waals surface area contributed by atoms with Crippen molar-refractivity contribution in [2.75, 3.05) is 10.6 Å². The van der Waals surface area contributed by atoms with Crippen molar-refractivity contribution in [2.45, 2.75) is 6.18 Å². The third-order valence-corrected chi connectivity index (χ3v) is 4.12. The van der Waals surface area contributed by atoms with Crippen molar-refractivity contribution in [2.24, 2.45) is 0 Å². The highest BCUT2D eigenvalue weighted by atomic mass is 19.4. The molecule has 0 amide bonds. The van der Waals surface area contributed by atoms with Gasteiger partial charge in [-0.2, -0.15) is 18.4 Å². The molecule has 6 nitrogen and oxygen atoms in total. The van der Waals surface area contributed by atoms with Crippen molar-refractivity contribution in [1.82, 2.24) is 15.0 Å². The minimum Gasteiger partial charge on any atom is -0.361 e. The lowest BCUT2D eigenvalue weighted by atomic mass is 10.2. The molecule has 0 aliphatic carbocycles. The molecule has 1 aromatic carbocycles. The maximum Gasteiger partial charge on any atom is 0.417 e. The lowest BCUT2D eigenvalue weighted by Crippen LogP contribution is -2.06. The number of anilines is 4. The van der Waals surface area contributed by atoms with E-state index in [1.807, 2.05) is 36.5 Å². The van der Waals surface area contributed by atoms with Gasteiger partial charge in [0.25, 0.3) is 0 Å². The second kappa shape index (κ2) is 7.16. The van der Waals surface area contributed by atoms with Crippen LogP contribution in [0.2, 0.25) is 0 Å². The van der Waals surface area contributed by atoms with E-state index in [9.17, 15) is 18.4 Å². The molecule has 3 heterocycles. The Morgan fingerprint density at radius 2 is 1.79 bits per heavy atom. The second-order valence-electron chi connectivity index (χ2n) is 6.23. The van der Waals surface area contributed by atoms with Crippen LogP contribution in [0, 0.1) is 11.3 Å². The molecule has 0 aliphatic rings. The Labute approximate surface area is 163 Å². The third-order valence-electron chi connectivity index (χ3n) is 4.12. The first-order chi connectivity index (χ1) is 13.9. The van der Waals surface area contributed by atoms with Gasteiger partial charge in [-0.3, -0.25) is 4.98 Å². The number of aromatic amines is 1. The van der Waals surface area contributed by atoms with E-state index >= 15 is 0 Å². The number of halogens is 3. The van der Waals surface area contributed by atoms with E-state index in [0.717, 1.165) is 28.9 Å². The highest BCUT2D eigenvalue weighted by molar-refractivity contribution is 5.83. The van der Waals surface area contributed by atoms with Crippen LogP contribution in [0.15, 0.2) is 61.1 Å². The molecule has 0 radical (unpaired) electrons. The molecule has 0 aliphatic heterocycles. The van der Waals surface area contributed by atoms with Gasteiger partial charge in [0.15, 0.2) is 0 Å². The van der Waals surface area contributed by atoms with E-state index in [0.29, 0.717) is 11.5 Å². The first-order valence-corrected chi connectivity index (χ1v) is 8.46. The number of nitrogens with one attached hydrogen (secondary N) is 3. The van der Waals surface area contributed by atoms with Crippen molar-refractivity contribution < 1.29 is 13.2 Å². The molecular formula is C20H13F3N6. The standard InChI is InChI=1S/C20H13F3N6/c21-20(22,23)13-5-17(11-25-10-13)27-15-6-16(9-24)29-19(8-15)28-14-2-1-12-3-4-26-18(12)7-14/h1-8,10-11,26H,(H2,27,28,29). The zero-order valence-electron chi connectivity index (χ0n) is 14.7. The molecule has 0 saturated carbocycles. The first kappa shape index (κ1) is 18.3. The van der Waals surface area contributed by atoms with Crippen molar-refractivity contribution in [3.8, 4) is 6.07 Å². The van der Waals surface area contributed by atoms with Gasteiger partial charge in [0.05, 0.1) is 17.4 Å². The second-order valence-corrected chi connectivity index (χ2v) is 6.23. The van der Waals surface area contributed by atoms with Gasteiger partial charge in [-0.1, -0.05) is 6.07 Å². The van der Waals surface area contributed by atoms with Gasteiger partial charge in [0, 0.05) is 35.4 Å². The molecule has 4 rings (SSSR count). The fourth-order valence-electron chi connectivity index (χ4n) is 2.83. The summed E-state index contributed by atoms with van der Waals surface area (Å²) in [4.78, 5) is 10.9. The molecule has 0 fully saturated rings. The van der Waals surface area contributed by atoms with Crippen LogP contribution in [0.1, 0.15) is 11.3 Å². The molecule has 29 heavy (non-hydrogen) atoms. The Morgan fingerprint density at radius 1 is 0.931 bits per heavy atom.